The second-order valence-corrected chi connectivity index (χ2v) is 7.61. The highest BCUT2D eigenvalue weighted by molar-refractivity contribution is 6.30. The topological polar surface area (TPSA) is 29.5 Å². The summed E-state index contributed by atoms with van der Waals surface area (Å²) < 4.78 is 5.11. The fourth-order valence-electron chi connectivity index (χ4n) is 3.90. The summed E-state index contributed by atoms with van der Waals surface area (Å²) >= 11 is 6.20. The molecule has 0 radical (unpaired) electrons. The molecule has 2 atom stereocenters. The van der Waals surface area contributed by atoms with Crippen molar-refractivity contribution in [2.45, 2.75) is 70.9 Å². The number of carbonyl (C=O) groups excluding carboxylic acids is 1. The van der Waals surface area contributed by atoms with Crippen LogP contribution < -0.4 is 4.90 Å². The average Bonchev–Trinajstić information content (AvgIpc) is 2.49. The number of fused-ring (bicyclic) bond motifs is 1. The van der Waals surface area contributed by atoms with Gasteiger partial charge < -0.3 is 9.64 Å². The maximum Gasteiger partial charge on any atom is 0.328 e. The molecule has 128 valence electrons. The summed E-state index contributed by atoms with van der Waals surface area (Å²) in [6, 6.07) is 5.76. The van der Waals surface area contributed by atoms with Crippen LogP contribution in [0.15, 0.2) is 18.2 Å². The lowest BCUT2D eigenvalue weighted by Gasteiger charge is -2.50. The van der Waals surface area contributed by atoms with Crippen LogP contribution in [0.5, 0.6) is 0 Å². The number of unbranched alkanes of at least 4 members (excludes halogenated alkanes) is 1. The van der Waals surface area contributed by atoms with Crippen LogP contribution in [0.25, 0.3) is 0 Å². The zero-order valence-electron chi connectivity index (χ0n) is 14.9. The Labute approximate surface area is 145 Å². The number of esters is 1. The van der Waals surface area contributed by atoms with E-state index in [2.05, 4.69) is 38.7 Å². The van der Waals surface area contributed by atoms with Gasteiger partial charge in [0.2, 0.25) is 0 Å². The van der Waals surface area contributed by atoms with Gasteiger partial charge in [0.25, 0.3) is 0 Å². The minimum absolute atomic E-state index is 0.104. The first-order valence-corrected chi connectivity index (χ1v) is 8.86. The van der Waals surface area contributed by atoms with Gasteiger partial charge in [-0.25, -0.2) is 4.79 Å². The molecule has 4 heteroatoms. The lowest BCUT2D eigenvalue weighted by molar-refractivity contribution is -0.142. The van der Waals surface area contributed by atoms with Crippen molar-refractivity contribution in [3.05, 3.63) is 28.8 Å². The lowest BCUT2D eigenvalue weighted by Crippen LogP contribution is -2.56. The second kappa shape index (κ2) is 7.12. The molecule has 0 N–H and O–H groups in total. The van der Waals surface area contributed by atoms with Gasteiger partial charge in [0.15, 0.2) is 0 Å². The van der Waals surface area contributed by atoms with Crippen molar-refractivity contribution in [2.75, 3.05) is 12.0 Å². The molecule has 1 aromatic carbocycles. The van der Waals surface area contributed by atoms with Crippen LogP contribution in [0.3, 0.4) is 0 Å². The highest BCUT2D eigenvalue weighted by Gasteiger charge is 2.42. The summed E-state index contributed by atoms with van der Waals surface area (Å²) in [4.78, 5) is 14.7. The van der Waals surface area contributed by atoms with Gasteiger partial charge in [-0.05, 0) is 56.4 Å². The largest absolute Gasteiger partial charge is 0.467 e. The molecule has 0 saturated heterocycles. The number of benzene rings is 1. The molecule has 0 unspecified atom stereocenters. The van der Waals surface area contributed by atoms with E-state index in [1.165, 1.54) is 12.7 Å². The third kappa shape index (κ3) is 3.65. The maximum absolute atomic E-state index is 12.5. The number of carbonyl (C=O) groups is 1. The summed E-state index contributed by atoms with van der Waals surface area (Å²) in [5.41, 5.74) is 2.24. The molecule has 1 heterocycles. The van der Waals surface area contributed by atoms with E-state index in [0.29, 0.717) is 5.92 Å². The summed E-state index contributed by atoms with van der Waals surface area (Å²) in [6.07, 6.45) is 3.86. The summed E-state index contributed by atoms with van der Waals surface area (Å²) in [5.74, 6) is 0.265. The molecule has 1 aliphatic rings. The number of halogens is 1. The fraction of sp³-hybridized carbons (Fsp3) is 0.632. The van der Waals surface area contributed by atoms with Crippen molar-refractivity contribution in [3.8, 4) is 0 Å². The molecule has 3 nitrogen and oxygen atoms in total. The first-order chi connectivity index (χ1) is 10.8. The summed E-state index contributed by atoms with van der Waals surface area (Å²) in [5, 5.41) is 0.749. The molecule has 1 aromatic rings. The number of methoxy groups -OCH3 is 1. The average molecular weight is 338 g/mol. The van der Waals surface area contributed by atoms with Crippen molar-refractivity contribution in [1.29, 1.82) is 0 Å². The smallest absolute Gasteiger partial charge is 0.328 e. The first kappa shape index (κ1) is 18.1. The molecular formula is C19H28ClNO2. The minimum Gasteiger partial charge on any atom is -0.467 e. The van der Waals surface area contributed by atoms with Crippen molar-refractivity contribution >= 4 is 23.3 Å². The van der Waals surface area contributed by atoms with Crippen LogP contribution in [0, 0.1) is 0 Å². The summed E-state index contributed by atoms with van der Waals surface area (Å²) in [6.45, 7) is 8.80. The van der Waals surface area contributed by atoms with Gasteiger partial charge in [-0.3, -0.25) is 0 Å². The van der Waals surface area contributed by atoms with Crippen molar-refractivity contribution in [3.63, 3.8) is 0 Å². The Morgan fingerprint density at radius 1 is 1.48 bits per heavy atom. The zero-order valence-corrected chi connectivity index (χ0v) is 15.6. The van der Waals surface area contributed by atoms with Crippen molar-refractivity contribution in [2.24, 2.45) is 0 Å². The molecule has 0 aliphatic carbocycles. The van der Waals surface area contributed by atoms with E-state index >= 15 is 0 Å². The zero-order chi connectivity index (χ0) is 17.2. The van der Waals surface area contributed by atoms with Crippen LogP contribution in [0.4, 0.5) is 5.69 Å². The molecule has 1 aliphatic heterocycles. The minimum atomic E-state index is -0.248. The van der Waals surface area contributed by atoms with Crippen molar-refractivity contribution in [1.82, 2.24) is 0 Å². The van der Waals surface area contributed by atoms with Crippen LogP contribution in [0.2, 0.25) is 5.02 Å². The Hall–Kier alpha value is -1.22. The van der Waals surface area contributed by atoms with E-state index in [-0.39, 0.29) is 17.6 Å². The normalized spacial score (nSPS) is 20.8. The third-order valence-corrected chi connectivity index (χ3v) is 5.09. The number of rotatable bonds is 5. The highest BCUT2D eigenvalue weighted by atomic mass is 35.5. The van der Waals surface area contributed by atoms with Gasteiger partial charge in [-0.1, -0.05) is 38.3 Å². The quantitative estimate of drug-likeness (QED) is 0.695. The van der Waals surface area contributed by atoms with E-state index in [1.54, 1.807) is 0 Å². The Morgan fingerprint density at radius 3 is 2.78 bits per heavy atom. The van der Waals surface area contributed by atoms with Gasteiger partial charge in [-0.15, -0.1) is 0 Å². The van der Waals surface area contributed by atoms with Crippen LogP contribution in [-0.4, -0.2) is 24.7 Å². The van der Waals surface area contributed by atoms with E-state index < -0.39 is 0 Å². The van der Waals surface area contributed by atoms with Crippen LogP contribution in [0.1, 0.15) is 64.9 Å². The van der Waals surface area contributed by atoms with E-state index in [9.17, 15) is 4.79 Å². The number of nitrogens with zero attached hydrogens (tertiary/aromatic N) is 1. The van der Waals surface area contributed by atoms with Crippen LogP contribution in [-0.2, 0) is 9.53 Å². The molecule has 23 heavy (non-hydrogen) atoms. The van der Waals surface area contributed by atoms with E-state index in [4.69, 9.17) is 16.3 Å². The second-order valence-electron chi connectivity index (χ2n) is 7.17. The first-order valence-electron chi connectivity index (χ1n) is 8.48. The standard InChI is InChI=1S/C19H28ClNO2/c1-6-7-8-17(18(22)23-5)21-16-10-9-14(20)11-15(16)13(2)12-19(21,3)4/h9-11,13,17H,6-8,12H2,1-5H3/t13-,17-/m1/s1. The Kier molecular flexibility index (Phi) is 5.61. The highest BCUT2D eigenvalue weighted by Crippen LogP contribution is 2.45. The molecule has 0 aromatic heterocycles. The third-order valence-electron chi connectivity index (χ3n) is 4.85. The number of hydrogen-bond donors (Lipinski definition) is 0. The molecule has 0 amide bonds. The molecule has 0 spiro atoms. The van der Waals surface area contributed by atoms with Gasteiger partial charge in [0.1, 0.15) is 6.04 Å². The van der Waals surface area contributed by atoms with E-state index in [1.807, 2.05) is 12.1 Å². The van der Waals surface area contributed by atoms with Gasteiger partial charge >= 0.3 is 5.97 Å². The van der Waals surface area contributed by atoms with Gasteiger partial charge in [0, 0.05) is 16.2 Å². The monoisotopic (exact) mass is 337 g/mol. The van der Waals surface area contributed by atoms with E-state index in [0.717, 1.165) is 36.4 Å². The molecule has 0 fully saturated rings. The summed E-state index contributed by atoms with van der Waals surface area (Å²) in [7, 11) is 1.48. The number of hydrogen-bond acceptors (Lipinski definition) is 3. The fourth-order valence-corrected chi connectivity index (χ4v) is 4.08. The molecular weight excluding hydrogens is 310 g/mol. The Morgan fingerprint density at radius 2 is 2.17 bits per heavy atom. The van der Waals surface area contributed by atoms with Gasteiger partial charge in [0.05, 0.1) is 7.11 Å². The van der Waals surface area contributed by atoms with Crippen LogP contribution >= 0.6 is 11.6 Å². The molecule has 0 bridgehead atoms. The lowest BCUT2D eigenvalue weighted by atomic mass is 9.78. The van der Waals surface area contributed by atoms with Crippen molar-refractivity contribution < 1.29 is 9.53 Å². The Bertz CT molecular complexity index is 570. The predicted molar refractivity (Wildman–Crippen MR) is 96.4 cm³/mol. The number of ether oxygens (including phenoxy) is 1. The number of anilines is 1. The van der Waals surface area contributed by atoms with Gasteiger partial charge in [-0.2, -0.15) is 0 Å². The molecule has 2 rings (SSSR count). The Balaban J connectivity index is 2.52. The molecule has 0 saturated carbocycles. The SMILES string of the molecule is CCCC[C@H](C(=O)OC)N1c2ccc(Cl)cc2[C@H](C)CC1(C)C. The predicted octanol–water partition coefficient (Wildman–Crippen LogP) is 5.16. The maximum atomic E-state index is 12.5.